The molecule has 6 fully saturated rings. The van der Waals surface area contributed by atoms with Gasteiger partial charge in [-0.1, -0.05) is 5.11 Å². The number of nitrogens with zero attached hydrogens (tertiary/aromatic N) is 14. The standard InChI is InChI=1S/C13H15F2N3O2.C11H12F2N6.C11H13F2N3O.C8H9ClN2O2/c1-3-20-11(19)8-4-16-12(17-7(8)2)18-5-9-10(6-18)13(9,14)15;1-6-7(3-16-18-14)2-15-10(17-6)19-4-8-9(5-19)11(8,12)13;1-6-7(5-17)2-14-10(15-6)16-3-8-9(4-16)11(8,12)13;1-3-13-7(12)6-4-10-8(9)11-5(6)2/h4,9-10H,3,5-6H2,1-2H3;2,8-9H,3-5H2,1H3;2,8-9,17H,3-5H2,1H3;4H,3H2,1-2H3. The van der Waals surface area contributed by atoms with Crippen molar-refractivity contribution in [2.75, 3.05) is 67.2 Å². The fraction of sp³-hybridized carbons (Fsp3) is 0.581. The Bertz CT molecular complexity index is 2590. The molecule has 0 aromatic carbocycles. The minimum absolute atomic E-state index is 0.102. The van der Waals surface area contributed by atoms with Crippen LogP contribution in [0.5, 0.6) is 0 Å². The van der Waals surface area contributed by atoms with Gasteiger partial charge in [0.1, 0.15) is 0 Å². The first-order valence-corrected chi connectivity index (χ1v) is 22.4. The molecule has 3 saturated heterocycles. The highest BCUT2D eigenvalue weighted by atomic mass is 35.5. The predicted molar refractivity (Wildman–Crippen MR) is 235 cm³/mol. The Hall–Kier alpha value is -6.20. The van der Waals surface area contributed by atoms with E-state index < -0.39 is 65.2 Å². The van der Waals surface area contributed by atoms with Crippen molar-refractivity contribution < 1.29 is 50.5 Å². The normalized spacial score (nSPS) is 24.1. The van der Waals surface area contributed by atoms with Crippen molar-refractivity contribution in [3.8, 4) is 0 Å². The number of piperidine rings is 3. The first-order chi connectivity index (χ1) is 32.7. The third-order valence-electron chi connectivity index (χ3n) is 13.0. The second-order valence-electron chi connectivity index (χ2n) is 17.2. The van der Waals surface area contributed by atoms with Crippen LogP contribution >= 0.6 is 11.6 Å². The third-order valence-corrected chi connectivity index (χ3v) is 13.1. The SMILES string of the molecule is CCOC(=O)c1cnc(Cl)nc1C.CCOC(=O)c1cnc(N2CC3C(C2)C3(F)F)nc1C.Cc1nc(N2CC3C(C2)C3(F)F)ncc1CN=[N+]=[N-].Cc1nc(N2CC3C(C2)C3(F)F)ncc1CO. The number of carbonyl (C=O) groups is 2. The molecule has 0 amide bonds. The summed E-state index contributed by atoms with van der Waals surface area (Å²) in [5.74, 6) is -10.3. The monoisotopic (exact) mass is 990 g/mol. The maximum absolute atomic E-state index is 13.1. The number of esters is 2. The molecule has 0 radical (unpaired) electrons. The molecule has 7 heterocycles. The van der Waals surface area contributed by atoms with Gasteiger partial charge < -0.3 is 29.3 Å². The molecule has 1 N–H and O–H groups in total. The molecule has 3 saturated carbocycles. The maximum Gasteiger partial charge on any atom is 0.341 e. The van der Waals surface area contributed by atoms with Crippen molar-refractivity contribution >= 4 is 41.4 Å². The Balaban J connectivity index is 0.000000137. The number of ether oxygens (including phenoxy) is 2. The zero-order chi connectivity index (χ0) is 50.2. The molecule has 26 heteroatoms. The van der Waals surface area contributed by atoms with E-state index >= 15 is 0 Å². The summed E-state index contributed by atoms with van der Waals surface area (Å²) in [5, 5.41) is 12.6. The summed E-state index contributed by atoms with van der Waals surface area (Å²) in [7, 11) is 0. The molecule has 3 aliphatic carbocycles. The van der Waals surface area contributed by atoms with Crippen molar-refractivity contribution in [2.45, 2.75) is 72.5 Å². The summed E-state index contributed by atoms with van der Waals surface area (Å²) in [5.41, 5.74) is 12.8. The van der Waals surface area contributed by atoms with E-state index in [1.165, 1.54) is 12.4 Å². The molecule has 6 atom stereocenters. The van der Waals surface area contributed by atoms with Gasteiger partial charge in [0, 0.05) is 85.9 Å². The Morgan fingerprint density at radius 1 is 0.638 bits per heavy atom. The summed E-state index contributed by atoms with van der Waals surface area (Å²) in [6, 6.07) is 0. The van der Waals surface area contributed by atoms with E-state index in [4.69, 9.17) is 31.7 Å². The largest absolute Gasteiger partial charge is 0.462 e. The Morgan fingerprint density at radius 2 is 0.986 bits per heavy atom. The topological polar surface area (TPSA) is 234 Å². The lowest BCUT2D eigenvalue weighted by atomic mass is 10.2. The average molecular weight is 991 g/mol. The molecular weight excluding hydrogens is 942 g/mol. The van der Waals surface area contributed by atoms with Crippen LogP contribution in [0.2, 0.25) is 5.28 Å². The highest BCUT2D eigenvalue weighted by Gasteiger charge is 2.73. The lowest BCUT2D eigenvalue weighted by Gasteiger charge is -2.20. The maximum atomic E-state index is 13.1. The van der Waals surface area contributed by atoms with Gasteiger partial charge in [0.25, 0.3) is 17.8 Å². The van der Waals surface area contributed by atoms with E-state index in [2.05, 4.69) is 49.9 Å². The summed E-state index contributed by atoms with van der Waals surface area (Å²) >= 11 is 5.52. The van der Waals surface area contributed by atoms with Gasteiger partial charge in [-0.3, -0.25) is 0 Å². The molecule has 10 rings (SSSR count). The van der Waals surface area contributed by atoms with Crippen LogP contribution in [0.1, 0.15) is 68.5 Å². The fourth-order valence-corrected chi connectivity index (χ4v) is 8.74. The molecule has 0 bridgehead atoms. The highest BCUT2D eigenvalue weighted by molar-refractivity contribution is 6.28. The van der Waals surface area contributed by atoms with Crippen LogP contribution in [0.4, 0.5) is 44.2 Å². The van der Waals surface area contributed by atoms with Crippen LogP contribution < -0.4 is 14.7 Å². The summed E-state index contributed by atoms with van der Waals surface area (Å²) in [6.07, 6.45) is 5.91. The van der Waals surface area contributed by atoms with Crippen LogP contribution in [0, 0.1) is 63.2 Å². The first-order valence-electron chi connectivity index (χ1n) is 22.0. The van der Waals surface area contributed by atoms with Gasteiger partial charge in [0.05, 0.1) is 84.4 Å². The number of anilines is 3. The molecule has 0 spiro atoms. The number of alkyl halides is 6. The smallest absolute Gasteiger partial charge is 0.341 e. The second-order valence-corrected chi connectivity index (χ2v) is 17.6. The summed E-state index contributed by atoms with van der Waals surface area (Å²) < 4.78 is 88.2. The molecule has 69 heavy (non-hydrogen) atoms. The van der Waals surface area contributed by atoms with E-state index in [9.17, 15) is 35.9 Å². The molecule has 6 unspecified atom stereocenters. The van der Waals surface area contributed by atoms with Gasteiger partial charge in [-0.15, -0.1) is 0 Å². The number of carbonyl (C=O) groups excluding carboxylic acids is 2. The van der Waals surface area contributed by atoms with E-state index in [1.54, 1.807) is 68.6 Å². The van der Waals surface area contributed by atoms with Gasteiger partial charge in [-0.25, -0.2) is 75.8 Å². The number of aromatic nitrogens is 8. The van der Waals surface area contributed by atoms with E-state index in [0.717, 1.165) is 5.56 Å². The summed E-state index contributed by atoms with van der Waals surface area (Å²) in [6.45, 7) is 12.9. The van der Waals surface area contributed by atoms with Gasteiger partial charge in [-0.2, -0.15) is 0 Å². The third kappa shape index (κ3) is 10.7. The van der Waals surface area contributed by atoms with Gasteiger partial charge in [-0.05, 0) is 64.2 Å². The van der Waals surface area contributed by atoms with Crippen molar-refractivity contribution in [2.24, 2.45) is 40.6 Å². The number of aliphatic hydroxyl groups excluding tert-OH is 1. The van der Waals surface area contributed by atoms with Gasteiger partial charge >= 0.3 is 11.9 Å². The van der Waals surface area contributed by atoms with Crippen molar-refractivity contribution in [1.29, 1.82) is 0 Å². The zero-order valence-electron chi connectivity index (χ0n) is 38.3. The lowest BCUT2D eigenvalue weighted by Crippen LogP contribution is -2.29. The van der Waals surface area contributed by atoms with Crippen molar-refractivity contribution in [1.82, 2.24) is 39.9 Å². The fourth-order valence-electron chi connectivity index (χ4n) is 8.56. The number of fused-ring (bicyclic) bond motifs is 3. The molecule has 4 aromatic rings. The number of halogens is 7. The minimum Gasteiger partial charge on any atom is -0.462 e. The van der Waals surface area contributed by atoms with Crippen molar-refractivity contribution in [3.63, 3.8) is 0 Å². The van der Waals surface area contributed by atoms with Gasteiger partial charge in [0.15, 0.2) is 0 Å². The van der Waals surface area contributed by atoms with Crippen molar-refractivity contribution in [3.05, 3.63) is 85.5 Å². The Labute approximate surface area is 396 Å². The van der Waals surface area contributed by atoms with Crippen LogP contribution in [0.15, 0.2) is 29.9 Å². The minimum atomic E-state index is -2.52. The van der Waals surface area contributed by atoms with Crippen LogP contribution in [-0.4, -0.2) is 127 Å². The summed E-state index contributed by atoms with van der Waals surface area (Å²) in [4.78, 5) is 63.5. The van der Waals surface area contributed by atoms with Crippen LogP contribution in [-0.2, 0) is 22.6 Å². The van der Waals surface area contributed by atoms with Gasteiger partial charge in [0.2, 0.25) is 23.1 Å². The number of hydrogen-bond donors (Lipinski definition) is 1. The molecule has 19 nitrogen and oxygen atoms in total. The lowest BCUT2D eigenvalue weighted by molar-refractivity contribution is 0.0514. The molecule has 4 aromatic heterocycles. The predicted octanol–water partition coefficient (Wildman–Crippen LogP) is 6.55. The van der Waals surface area contributed by atoms with E-state index in [1.807, 2.05) is 0 Å². The molecule has 6 aliphatic rings. The van der Waals surface area contributed by atoms with E-state index in [-0.39, 0.29) is 38.1 Å². The highest BCUT2D eigenvalue weighted by Crippen LogP contribution is 2.61. The second kappa shape index (κ2) is 20.0. The van der Waals surface area contributed by atoms with E-state index in [0.29, 0.717) is 90.1 Å². The first kappa shape index (κ1) is 50.7. The van der Waals surface area contributed by atoms with Crippen LogP contribution in [0.3, 0.4) is 0 Å². The molecular formula is C43H49ClF6N14O5. The number of hydrogen-bond acceptors (Lipinski definition) is 17. The quantitative estimate of drug-likeness (QED) is 0.0443. The number of azide groups is 1. The molecule has 3 aliphatic heterocycles. The van der Waals surface area contributed by atoms with Crippen LogP contribution in [0.25, 0.3) is 10.4 Å². The number of rotatable bonds is 10. The Morgan fingerprint density at radius 3 is 1.32 bits per heavy atom. The average Bonchev–Trinajstić information content (AvgIpc) is 3.82. The number of aliphatic hydroxyl groups is 1. The Kier molecular flexibility index (Phi) is 14.7. The number of aryl methyl sites for hydroxylation is 4. The zero-order valence-corrected chi connectivity index (χ0v) is 39.1. The molecule has 370 valence electrons.